The minimum Gasteiger partial charge on any atom is -0.368 e. The van der Waals surface area contributed by atoms with E-state index >= 15 is 0 Å². The lowest BCUT2D eigenvalue weighted by Crippen LogP contribution is -2.53. The maximum absolute atomic E-state index is 11.6. The van der Waals surface area contributed by atoms with Crippen molar-refractivity contribution in [3.05, 3.63) is 16.0 Å². The van der Waals surface area contributed by atoms with Gasteiger partial charge in [0.2, 0.25) is 5.91 Å². The van der Waals surface area contributed by atoms with E-state index in [1.807, 2.05) is 24.0 Å². The molecule has 1 aromatic heterocycles. The number of carbonyl (C=O) groups is 1. The molecule has 1 saturated carbocycles. The number of carbonyl (C=O) groups excluding carboxylic acids is 1. The Labute approximate surface area is 127 Å². The molecular formula is C13H21IN4O. The molecule has 2 rings (SSSR count). The van der Waals surface area contributed by atoms with Crippen LogP contribution < -0.4 is 11.1 Å². The highest BCUT2D eigenvalue weighted by atomic mass is 127. The molecule has 19 heavy (non-hydrogen) atoms. The van der Waals surface area contributed by atoms with Gasteiger partial charge in [-0.25, -0.2) is 0 Å². The summed E-state index contributed by atoms with van der Waals surface area (Å²) in [7, 11) is 0. The zero-order valence-corrected chi connectivity index (χ0v) is 13.4. The number of rotatable bonds is 8. The maximum Gasteiger partial charge on any atom is 0.237 e. The van der Waals surface area contributed by atoms with Gasteiger partial charge in [-0.05, 0) is 61.6 Å². The molecule has 106 valence electrons. The third-order valence-corrected chi connectivity index (χ3v) is 4.12. The fourth-order valence-corrected chi connectivity index (χ4v) is 2.60. The molecule has 1 unspecified atom stereocenters. The van der Waals surface area contributed by atoms with Crippen LogP contribution in [-0.2, 0) is 11.3 Å². The van der Waals surface area contributed by atoms with Crippen molar-refractivity contribution in [1.82, 2.24) is 15.1 Å². The molecule has 0 spiro atoms. The van der Waals surface area contributed by atoms with Crippen LogP contribution in [-0.4, -0.2) is 27.3 Å². The van der Waals surface area contributed by atoms with E-state index in [2.05, 4.69) is 33.0 Å². The Morgan fingerprint density at radius 3 is 2.89 bits per heavy atom. The second-order valence-corrected chi connectivity index (χ2v) is 6.74. The van der Waals surface area contributed by atoms with E-state index in [1.165, 1.54) is 0 Å². The molecule has 1 amide bonds. The average molecular weight is 376 g/mol. The standard InChI is InChI=1S/C13H21IN4O/c1-13(12(15)19,17-11-4-5-11)6-2-3-7-18-9-10(14)8-16-18/h8-9,11,17H,2-7H2,1H3,(H2,15,19). The van der Waals surface area contributed by atoms with Gasteiger partial charge < -0.3 is 11.1 Å². The summed E-state index contributed by atoms with van der Waals surface area (Å²) in [5.74, 6) is -0.243. The highest BCUT2D eigenvalue weighted by Crippen LogP contribution is 2.25. The Balaban J connectivity index is 1.74. The van der Waals surface area contributed by atoms with E-state index in [0.29, 0.717) is 6.04 Å². The van der Waals surface area contributed by atoms with Crippen LogP contribution in [0.2, 0.25) is 0 Å². The Hall–Kier alpha value is -0.630. The van der Waals surface area contributed by atoms with Gasteiger partial charge in [-0.3, -0.25) is 9.48 Å². The molecule has 5 nitrogen and oxygen atoms in total. The van der Waals surface area contributed by atoms with Crippen molar-refractivity contribution in [3.8, 4) is 0 Å². The second kappa shape index (κ2) is 6.21. The number of halogens is 1. The lowest BCUT2D eigenvalue weighted by Gasteiger charge is -2.27. The lowest BCUT2D eigenvalue weighted by molar-refractivity contribution is -0.124. The third kappa shape index (κ3) is 4.45. The summed E-state index contributed by atoms with van der Waals surface area (Å²) < 4.78 is 3.09. The van der Waals surface area contributed by atoms with Crippen molar-refractivity contribution in [2.24, 2.45) is 5.73 Å². The molecule has 6 heteroatoms. The zero-order chi connectivity index (χ0) is 13.9. The summed E-state index contributed by atoms with van der Waals surface area (Å²) in [4.78, 5) is 11.6. The number of nitrogens with two attached hydrogens (primary N) is 1. The minimum absolute atomic E-state index is 0.243. The normalized spacial score (nSPS) is 18.2. The van der Waals surface area contributed by atoms with E-state index in [-0.39, 0.29) is 5.91 Å². The Morgan fingerprint density at radius 1 is 1.63 bits per heavy atom. The van der Waals surface area contributed by atoms with Gasteiger partial charge in [0.25, 0.3) is 0 Å². The highest BCUT2D eigenvalue weighted by Gasteiger charge is 2.36. The smallest absolute Gasteiger partial charge is 0.237 e. The summed E-state index contributed by atoms with van der Waals surface area (Å²) in [6.45, 7) is 2.81. The van der Waals surface area contributed by atoms with E-state index in [4.69, 9.17) is 5.73 Å². The van der Waals surface area contributed by atoms with Crippen molar-refractivity contribution < 1.29 is 4.79 Å². The van der Waals surface area contributed by atoms with Crippen LogP contribution in [0.5, 0.6) is 0 Å². The number of aryl methyl sites for hydroxylation is 1. The molecule has 1 aromatic rings. The Bertz CT molecular complexity index is 444. The van der Waals surface area contributed by atoms with Crippen molar-refractivity contribution in [3.63, 3.8) is 0 Å². The summed E-state index contributed by atoms with van der Waals surface area (Å²) >= 11 is 2.25. The van der Waals surface area contributed by atoms with Gasteiger partial charge in [-0.2, -0.15) is 5.10 Å². The molecule has 0 aromatic carbocycles. The van der Waals surface area contributed by atoms with Crippen molar-refractivity contribution in [2.75, 3.05) is 0 Å². The predicted molar refractivity (Wildman–Crippen MR) is 82.6 cm³/mol. The third-order valence-electron chi connectivity index (χ3n) is 3.56. The number of unbranched alkanes of at least 4 members (excludes halogenated alkanes) is 1. The molecule has 1 aliphatic rings. The molecule has 0 aliphatic heterocycles. The molecule has 1 atom stereocenters. The van der Waals surface area contributed by atoms with Crippen LogP contribution in [0.1, 0.15) is 39.0 Å². The van der Waals surface area contributed by atoms with E-state index < -0.39 is 5.54 Å². The topological polar surface area (TPSA) is 72.9 Å². The van der Waals surface area contributed by atoms with Gasteiger partial charge in [-0.15, -0.1) is 0 Å². The second-order valence-electron chi connectivity index (χ2n) is 5.49. The van der Waals surface area contributed by atoms with Gasteiger partial charge in [0.15, 0.2) is 0 Å². The van der Waals surface area contributed by atoms with Gasteiger partial charge in [0, 0.05) is 18.8 Å². The van der Waals surface area contributed by atoms with Gasteiger partial charge in [0.05, 0.1) is 15.3 Å². The van der Waals surface area contributed by atoms with Crippen LogP contribution >= 0.6 is 22.6 Å². The van der Waals surface area contributed by atoms with Crippen LogP contribution in [0.15, 0.2) is 12.4 Å². The number of aromatic nitrogens is 2. The largest absolute Gasteiger partial charge is 0.368 e. The molecule has 1 heterocycles. The molecule has 1 aliphatic carbocycles. The summed E-state index contributed by atoms with van der Waals surface area (Å²) in [6, 6.07) is 0.491. The highest BCUT2D eigenvalue weighted by molar-refractivity contribution is 14.1. The number of hydrogen-bond acceptors (Lipinski definition) is 3. The van der Waals surface area contributed by atoms with Gasteiger partial charge >= 0.3 is 0 Å². The molecule has 1 fully saturated rings. The monoisotopic (exact) mass is 376 g/mol. The predicted octanol–water partition coefficient (Wildman–Crippen LogP) is 1.65. The van der Waals surface area contributed by atoms with Crippen molar-refractivity contribution in [1.29, 1.82) is 0 Å². The summed E-state index contributed by atoms with van der Waals surface area (Å²) in [6.07, 6.45) is 8.96. The minimum atomic E-state index is -0.556. The van der Waals surface area contributed by atoms with Gasteiger partial charge in [-0.1, -0.05) is 0 Å². The summed E-state index contributed by atoms with van der Waals surface area (Å²) in [5, 5.41) is 7.62. The first-order valence-corrected chi connectivity index (χ1v) is 7.83. The van der Waals surface area contributed by atoms with Crippen molar-refractivity contribution >= 4 is 28.5 Å². The van der Waals surface area contributed by atoms with Crippen LogP contribution in [0.4, 0.5) is 0 Å². The molecule has 0 saturated heterocycles. The van der Waals surface area contributed by atoms with E-state index in [0.717, 1.165) is 42.2 Å². The van der Waals surface area contributed by atoms with Crippen molar-refractivity contribution in [2.45, 2.75) is 57.2 Å². The quantitative estimate of drug-likeness (QED) is 0.535. The van der Waals surface area contributed by atoms with E-state index in [9.17, 15) is 4.79 Å². The lowest BCUT2D eigenvalue weighted by atomic mass is 9.93. The van der Waals surface area contributed by atoms with Gasteiger partial charge in [0.1, 0.15) is 0 Å². The number of nitrogens with one attached hydrogen (secondary N) is 1. The molecule has 0 radical (unpaired) electrons. The molecule has 0 bridgehead atoms. The maximum atomic E-state index is 11.6. The first-order valence-electron chi connectivity index (χ1n) is 6.75. The molecule has 3 N–H and O–H groups in total. The summed E-state index contributed by atoms with van der Waals surface area (Å²) in [5.41, 5.74) is 4.97. The van der Waals surface area contributed by atoms with Crippen LogP contribution in [0.25, 0.3) is 0 Å². The Morgan fingerprint density at radius 2 is 2.37 bits per heavy atom. The average Bonchev–Trinajstić information content (AvgIpc) is 3.05. The Kier molecular flexibility index (Phi) is 4.83. The SMILES string of the molecule is CC(CCCCn1cc(I)cn1)(NC1CC1)C(N)=O. The number of amides is 1. The number of hydrogen-bond donors (Lipinski definition) is 2. The fourth-order valence-electron chi connectivity index (χ4n) is 2.16. The first-order chi connectivity index (χ1) is 8.99. The van der Waals surface area contributed by atoms with E-state index in [1.54, 1.807) is 0 Å². The fraction of sp³-hybridized carbons (Fsp3) is 0.692. The van der Waals surface area contributed by atoms with Crippen LogP contribution in [0.3, 0.4) is 0 Å². The molecular weight excluding hydrogens is 355 g/mol. The van der Waals surface area contributed by atoms with Crippen LogP contribution in [0, 0.1) is 3.57 Å². The number of primary amides is 1. The number of nitrogens with zero attached hydrogens (tertiary/aromatic N) is 2. The zero-order valence-electron chi connectivity index (χ0n) is 11.2. The first kappa shape index (κ1) is 14.8.